The largest absolute Gasteiger partial charge is 0.389 e. The quantitative estimate of drug-likeness (QED) is 0.868. The van der Waals surface area contributed by atoms with Gasteiger partial charge < -0.3 is 14.4 Å². The number of aliphatic hydroxyl groups excluding tert-OH is 1. The Morgan fingerprint density at radius 1 is 1.56 bits per heavy atom. The van der Waals surface area contributed by atoms with Crippen molar-refractivity contribution in [1.29, 1.82) is 0 Å². The number of pyridine rings is 1. The molecule has 0 saturated heterocycles. The first-order valence-electron chi connectivity index (χ1n) is 4.96. The van der Waals surface area contributed by atoms with Crippen LogP contribution in [0.15, 0.2) is 28.5 Å². The van der Waals surface area contributed by atoms with Gasteiger partial charge in [0.05, 0.1) is 24.6 Å². The maximum atomic E-state index is 11.9. The van der Waals surface area contributed by atoms with Gasteiger partial charge >= 0.3 is 0 Å². The fourth-order valence-corrected chi connectivity index (χ4v) is 2.40. The predicted octanol–water partition coefficient (Wildman–Crippen LogP) is 1.07. The Kier molecular flexibility index (Phi) is 3.38. The van der Waals surface area contributed by atoms with Crippen LogP contribution in [-0.2, 0) is 11.3 Å². The second-order valence-electron chi connectivity index (χ2n) is 3.58. The van der Waals surface area contributed by atoms with E-state index in [1.54, 1.807) is 6.20 Å². The molecule has 1 atom stereocenters. The van der Waals surface area contributed by atoms with E-state index in [-0.39, 0.29) is 18.7 Å². The van der Waals surface area contributed by atoms with E-state index in [1.807, 2.05) is 17.5 Å². The fraction of sp³-hybridized carbons (Fsp3) is 0.364. The second-order valence-corrected chi connectivity index (χ2v) is 4.53. The first-order valence-corrected chi connectivity index (χ1v) is 5.84. The van der Waals surface area contributed by atoms with Gasteiger partial charge in [-0.15, -0.1) is 11.3 Å². The molecule has 0 unspecified atom stereocenters. The predicted molar refractivity (Wildman–Crippen MR) is 64.0 cm³/mol. The summed E-state index contributed by atoms with van der Waals surface area (Å²) in [6.07, 6.45) is 1.05. The fourth-order valence-electron chi connectivity index (χ4n) is 1.62. The lowest BCUT2D eigenvalue weighted by atomic mass is 10.3. The molecule has 16 heavy (non-hydrogen) atoms. The van der Waals surface area contributed by atoms with Gasteiger partial charge in [-0.2, -0.15) is 0 Å². The molecule has 2 rings (SSSR count). The molecule has 4 nitrogen and oxygen atoms in total. The number of fused-ring (bicyclic) bond motifs is 1. The summed E-state index contributed by atoms with van der Waals surface area (Å²) in [4.78, 5) is 11.9. The topological polar surface area (TPSA) is 51.5 Å². The van der Waals surface area contributed by atoms with Crippen LogP contribution in [0.3, 0.4) is 0 Å². The number of rotatable bonds is 4. The van der Waals surface area contributed by atoms with E-state index in [2.05, 4.69) is 0 Å². The third kappa shape index (κ3) is 2.16. The zero-order valence-corrected chi connectivity index (χ0v) is 9.74. The average Bonchev–Trinajstić information content (AvgIpc) is 2.71. The van der Waals surface area contributed by atoms with Crippen molar-refractivity contribution >= 4 is 21.4 Å². The van der Waals surface area contributed by atoms with Gasteiger partial charge in [0.1, 0.15) is 0 Å². The number of aliphatic hydroxyl groups is 1. The van der Waals surface area contributed by atoms with Crippen molar-refractivity contribution in [3.63, 3.8) is 0 Å². The summed E-state index contributed by atoms with van der Waals surface area (Å²) in [7, 11) is 1.52. The maximum Gasteiger partial charge on any atom is 0.259 e. The molecule has 2 aromatic heterocycles. The first-order chi connectivity index (χ1) is 7.72. The van der Waals surface area contributed by atoms with Crippen LogP contribution in [0.25, 0.3) is 10.1 Å². The third-order valence-corrected chi connectivity index (χ3v) is 3.24. The van der Waals surface area contributed by atoms with Crippen LogP contribution in [-0.4, -0.2) is 29.5 Å². The SMILES string of the molecule is COC[C@H](O)Cn1ccc2sccc2c1=O. The van der Waals surface area contributed by atoms with Gasteiger partial charge in [-0.05, 0) is 17.5 Å². The molecular weight excluding hydrogens is 226 g/mol. The number of thiophene rings is 1. The molecule has 0 amide bonds. The van der Waals surface area contributed by atoms with Gasteiger partial charge in [0, 0.05) is 18.0 Å². The molecule has 0 spiro atoms. The summed E-state index contributed by atoms with van der Waals surface area (Å²) in [5.41, 5.74) is -0.0612. The van der Waals surface area contributed by atoms with E-state index in [0.29, 0.717) is 5.39 Å². The molecule has 1 N–H and O–H groups in total. The van der Waals surface area contributed by atoms with Crippen LogP contribution in [0.4, 0.5) is 0 Å². The molecule has 86 valence electrons. The van der Waals surface area contributed by atoms with Crippen molar-refractivity contribution in [1.82, 2.24) is 4.57 Å². The maximum absolute atomic E-state index is 11.9. The van der Waals surface area contributed by atoms with E-state index in [1.165, 1.54) is 23.0 Å². The van der Waals surface area contributed by atoms with Crippen molar-refractivity contribution in [2.45, 2.75) is 12.6 Å². The second kappa shape index (κ2) is 4.78. The van der Waals surface area contributed by atoms with Crippen LogP contribution >= 0.6 is 11.3 Å². The highest BCUT2D eigenvalue weighted by Crippen LogP contribution is 2.16. The Labute approximate surface area is 96.7 Å². The zero-order valence-electron chi connectivity index (χ0n) is 8.92. The monoisotopic (exact) mass is 239 g/mol. The Hall–Kier alpha value is -1.17. The van der Waals surface area contributed by atoms with E-state index < -0.39 is 6.10 Å². The molecular formula is C11H13NO3S. The highest BCUT2D eigenvalue weighted by Gasteiger charge is 2.08. The van der Waals surface area contributed by atoms with Crippen molar-refractivity contribution in [2.75, 3.05) is 13.7 Å². The molecule has 5 heteroatoms. The van der Waals surface area contributed by atoms with Crippen LogP contribution in [0.5, 0.6) is 0 Å². The summed E-state index contributed by atoms with van der Waals surface area (Å²) in [5, 5.41) is 12.2. The zero-order chi connectivity index (χ0) is 11.5. The number of hydrogen-bond acceptors (Lipinski definition) is 4. The Bertz CT molecular complexity index is 531. The summed E-state index contributed by atoms with van der Waals surface area (Å²) in [5.74, 6) is 0. The molecule has 0 aliphatic rings. The first kappa shape index (κ1) is 11.3. The highest BCUT2D eigenvalue weighted by molar-refractivity contribution is 7.17. The van der Waals surface area contributed by atoms with E-state index in [0.717, 1.165) is 4.70 Å². The number of nitrogens with zero attached hydrogens (tertiary/aromatic N) is 1. The van der Waals surface area contributed by atoms with Crippen molar-refractivity contribution in [3.05, 3.63) is 34.1 Å². The number of aromatic nitrogens is 1. The average molecular weight is 239 g/mol. The van der Waals surface area contributed by atoms with E-state index >= 15 is 0 Å². The molecule has 0 bridgehead atoms. The molecule has 0 aliphatic carbocycles. The Balaban J connectivity index is 2.31. The Morgan fingerprint density at radius 3 is 3.12 bits per heavy atom. The molecule has 2 aromatic rings. The smallest absolute Gasteiger partial charge is 0.259 e. The summed E-state index contributed by atoms with van der Waals surface area (Å²) < 4.78 is 7.31. The van der Waals surface area contributed by atoms with Crippen LogP contribution in [0, 0.1) is 0 Å². The van der Waals surface area contributed by atoms with Gasteiger partial charge in [0.25, 0.3) is 5.56 Å². The normalized spacial score (nSPS) is 13.1. The van der Waals surface area contributed by atoms with Crippen molar-refractivity contribution in [3.8, 4) is 0 Å². The van der Waals surface area contributed by atoms with Crippen LogP contribution in [0.1, 0.15) is 0 Å². The minimum atomic E-state index is -0.654. The van der Waals surface area contributed by atoms with Crippen LogP contribution in [0.2, 0.25) is 0 Å². The van der Waals surface area contributed by atoms with Gasteiger partial charge in [0.2, 0.25) is 0 Å². The summed E-state index contributed by atoms with van der Waals surface area (Å²) >= 11 is 1.54. The van der Waals surface area contributed by atoms with Gasteiger partial charge in [-0.3, -0.25) is 4.79 Å². The number of ether oxygens (including phenoxy) is 1. The summed E-state index contributed by atoms with van der Waals surface area (Å²) in [6, 6.07) is 3.70. The molecule has 2 heterocycles. The third-order valence-electron chi connectivity index (χ3n) is 2.36. The summed E-state index contributed by atoms with van der Waals surface area (Å²) in [6.45, 7) is 0.493. The van der Waals surface area contributed by atoms with Gasteiger partial charge in [-0.25, -0.2) is 0 Å². The van der Waals surface area contributed by atoms with E-state index in [9.17, 15) is 9.90 Å². The standard InChI is InChI=1S/C11H13NO3S/c1-15-7-8(13)6-12-4-2-10-9(11(12)14)3-5-16-10/h2-5,8,13H,6-7H2,1H3/t8-/m1/s1. The molecule has 0 aromatic carbocycles. The van der Waals surface area contributed by atoms with Crippen molar-refractivity contribution < 1.29 is 9.84 Å². The molecule has 0 aliphatic heterocycles. The molecule has 0 saturated carbocycles. The lowest BCUT2D eigenvalue weighted by Gasteiger charge is -2.11. The Morgan fingerprint density at radius 2 is 2.38 bits per heavy atom. The molecule has 0 fully saturated rings. The van der Waals surface area contributed by atoms with E-state index in [4.69, 9.17) is 4.74 Å². The van der Waals surface area contributed by atoms with Gasteiger partial charge in [-0.1, -0.05) is 0 Å². The number of methoxy groups -OCH3 is 1. The van der Waals surface area contributed by atoms with Crippen molar-refractivity contribution in [2.24, 2.45) is 0 Å². The highest BCUT2D eigenvalue weighted by atomic mass is 32.1. The van der Waals surface area contributed by atoms with Crippen LogP contribution < -0.4 is 5.56 Å². The van der Waals surface area contributed by atoms with Gasteiger partial charge in [0.15, 0.2) is 0 Å². The number of hydrogen-bond donors (Lipinski definition) is 1. The lowest BCUT2D eigenvalue weighted by Crippen LogP contribution is -2.28. The lowest BCUT2D eigenvalue weighted by molar-refractivity contribution is 0.0531. The minimum Gasteiger partial charge on any atom is -0.389 e. The minimum absolute atomic E-state index is 0.0612. The molecule has 0 radical (unpaired) electrons.